The smallest absolute Gasteiger partial charge is 0.224 e. The van der Waals surface area contributed by atoms with Crippen LogP contribution in [-0.2, 0) is 4.79 Å². The summed E-state index contributed by atoms with van der Waals surface area (Å²) in [5.41, 5.74) is 0.651. The van der Waals surface area contributed by atoms with Crippen LogP contribution in [0, 0.1) is 23.5 Å². The van der Waals surface area contributed by atoms with Gasteiger partial charge in [-0.1, -0.05) is 19.9 Å². The minimum Gasteiger partial charge on any atom is -0.394 e. The van der Waals surface area contributed by atoms with Crippen molar-refractivity contribution in [3.05, 3.63) is 35.4 Å². The first-order chi connectivity index (χ1) is 9.92. The minimum atomic E-state index is -0.883. The van der Waals surface area contributed by atoms with Crippen molar-refractivity contribution in [2.45, 2.75) is 38.6 Å². The molecule has 1 aromatic rings. The molecule has 1 saturated carbocycles. The maximum absolute atomic E-state index is 13.2. The zero-order valence-corrected chi connectivity index (χ0v) is 12.3. The van der Waals surface area contributed by atoms with Gasteiger partial charge < -0.3 is 10.4 Å². The van der Waals surface area contributed by atoms with Crippen LogP contribution >= 0.6 is 0 Å². The summed E-state index contributed by atoms with van der Waals surface area (Å²) in [7, 11) is 0. The van der Waals surface area contributed by atoms with E-state index in [1.54, 1.807) is 0 Å². The lowest BCUT2D eigenvalue weighted by molar-refractivity contribution is -0.123. The second kappa shape index (κ2) is 6.52. The van der Waals surface area contributed by atoms with E-state index >= 15 is 0 Å². The summed E-state index contributed by atoms with van der Waals surface area (Å²) in [6, 6.07) is 3.52. The lowest BCUT2D eigenvalue weighted by Gasteiger charge is -2.18. The van der Waals surface area contributed by atoms with Gasteiger partial charge in [0.25, 0.3) is 0 Å². The number of aliphatic hydroxyl groups is 1. The molecule has 116 valence electrons. The van der Waals surface area contributed by atoms with Gasteiger partial charge in [0.15, 0.2) is 11.6 Å². The zero-order valence-electron chi connectivity index (χ0n) is 12.3. The molecule has 2 rings (SSSR count). The Labute approximate surface area is 123 Å². The van der Waals surface area contributed by atoms with Crippen LogP contribution in [0.4, 0.5) is 8.78 Å². The number of hydrogen-bond donors (Lipinski definition) is 2. The third-order valence-corrected chi connectivity index (χ3v) is 3.82. The Morgan fingerprint density at radius 2 is 2.10 bits per heavy atom. The van der Waals surface area contributed by atoms with Crippen LogP contribution in [0.15, 0.2) is 18.2 Å². The zero-order chi connectivity index (χ0) is 15.6. The summed E-state index contributed by atoms with van der Waals surface area (Å²) in [6.07, 6.45) is 1.35. The van der Waals surface area contributed by atoms with Crippen molar-refractivity contribution >= 4 is 5.91 Å². The molecule has 0 aliphatic heterocycles. The number of benzene rings is 1. The molecule has 0 bridgehead atoms. The number of carbonyl (C=O) groups excluding carboxylic acids is 1. The van der Waals surface area contributed by atoms with Crippen molar-refractivity contribution in [2.75, 3.05) is 6.61 Å². The van der Waals surface area contributed by atoms with E-state index in [2.05, 4.69) is 5.32 Å². The van der Waals surface area contributed by atoms with E-state index in [1.807, 2.05) is 13.8 Å². The molecule has 3 unspecified atom stereocenters. The third kappa shape index (κ3) is 4.00. The summed E-state index contributed by atoms with van der Waals surface area (Å²) in [6.45, 7) is 3.96. The van der Waals surface area contributed by atoms with E-state index in [0.29, 0.717) is 24.3 Å². The molecule has 5 heteroatoms. The minimum absolute atomic E-state index is 0.0570. The van der Waals surface area contributed by atoms with Crippen molar-refractivity contribution in [3.63, 3.8) is 0 Å². The lowest BCUT2D eigenvalue weighted by atomic mass is 10.0. The van der Waals surface area contributed by atoms with Gasteiger partial charge in [-0.3, -0.25) is 4.79 Å². The highest BCUT2D eigenvalue weighted by Crippen LogP contribution is 2.47. The van der Waals surface area contributed by atoms with Crippen LogP contribution in [0.2, 0.25) is 0 Å². The van der Waals surface area contributed by atoms with E-state index in [0.717, 1.165) is 12.1 Å². The fraction of sp³-hybridized carbons (Fsp3) is 0.562. The second-order valence-corrected chi connectivity index (χ2v) is 6.14. The quantitative estimate of drug-likeness (QED) is 0.848. The van der Waals surface area contributed by atoms with Crippen LogP contribution in [0.3, 0.4) is 0 Å². The van der Waals surface area contributed by atoms with Gasteiger partial charge in [-0.05, 0) is 42.4 Å². The number of amides is 1. The molecule has 2 N–H and O–H groups in total. The van der Waals surface area contributed by atoms with Crippen molar-refractivity contribution in [1.82, 2.24) is 5.32 Å². The first-order valence-corrected chi connectivity index (χ1v) is 7.28. The lowest BCUT2D eigenvalue weighted by Crippen LogP contribution is -2.39. The Morgan fingerprint density at radius 3 is 2.67 bits per heavy atom. The summed E-state index contributed by atoms with van der Waals surface area (Å²) >= 11 is 0. The van der Waals surface area contributed by atoms with Gasteiger partial charge in [0.2, 0.25) is 5.91 Å². The molecule has 3 atom stereocenters. The molecule has 0 saturated heterocycles. The Balaban J connectivity index is 1.92. The summed E-state index contributed by atoms with van der Waals surface area (Å²) in [5.74, 6) is -1.77. The Morgan fingerprint density at radius 1 is 1.38 bits per heavy atom. The van der Waals surface area contributed by atoms with Gasteiger partial charge in [0.05, 0.1) is 12.6 Å². The molecule has 1 fully saturated rings. The van der Waals surface area contributed by atoms with Gasteiger partial charge >= 0.3 is 0 Å². The predicted molar refractivity (Wildman–Crippen MR) is 75.7 cm³/mol. The van der Waals surface area contributed by atoms with Crippen LogP contribution in [0.25, 0.3) is 0 Å². The molecule has 0 heterocycles. The molecule has 1 amide bonds. The van der Waals surface area contributed by atoms with Gasteiger partial charge in [0.1, 0.15) is 0 Å². The average molecular weight is 297 g/mol. The summed E-state index contributed by atoms with van der Waals surface area (Å²) in [4.78, 5) is 12.1. The normalized spacial score (nSPS) is 22.2. The first kappa shape index (κ1) is 15.9. The standard InChI is InChI=1S/C16H21F2NO2/c1-9(2)5-11(8-20)19-16(21)13-7-12(13)10-3-4-14(17)15(18)6-10/h3-4,6,9,11-13,20H,5,7-8H2,1-2H3,(H,19,21). The Hall–Kier alpha value is -1.49. The molecule has 0 spiro atoms. The maximum Gasteiger partial charge on any atom is 0.224 e. The second-order valence-electron chi connectivity index (χ2n) is 6.14. The fourth-order valence-electron chi connectivity index (χ4n) is 2.65. The Kier molecular flexibility index (Phi) is 4.93. The van der Waals surface area contributed by atoms with Crippen molar-refractivity contribution < 1.29 is 18.7 Å². The van der Waals surface area contributed by atoms with Gasteiger partial charge in [-0.15, -0.1) is 0 Å². The van der Waals surface area contributed by atoms with Crippen LogP contribution in [0.1, 0.15) is 38.2 Å². The molecule has 0 radical (unpaired) electrons. The highest BCUT2D eigenvalue weighted by molar-refractivity contribution is 5.83. The molecule has 1 aliphatic rings. The largest absolute Gasteiger partial charge is 0.394 e. The highest BCUT2D eigenvalue weighted by atomic mass is 19.2. The molecule has 0 aromatic heterocycles. The molecular weight excluding hydrogens is 276 g/mol. The first-order valence-electron chi connectivity index (χ1n) is 7.28. The van der Waals surface area contributed by atoms with Gasteiger partial charge in [-0.25, -0.2) is 8.78 Å². The van der Waals surface area contributed by atoms with E-state index in [-0.39, 0.29) is 30.4 Å². The third-order valence-electron chi connectivity index (χ3n) is 3.82. The topological polar surface area (TPSA) is 49.3 Å². The predicted octanol–water partition coefficient (Wildman–Crippen LogP) is 2.59. The van der Waals surface area contributed by atoms with Crippen LogP contribution in [0.5, 0.6) is 0 Å². The van der Waals surface area contributed by atoms with E-state index in [1.165, 1.54) is 6.07 Å². The number of aliphatic hydroxyl groups excluding tert-OH is 1. The molecule has 3 nitrogen and oxygen atoms in total. The Bertz CT molecular complexity index is 519. The van der Waals surface area contributed by atoms with E-state index in [4.69, 9.17) is 0 Å². The number of halogens is 2. The van der Waals surface area contributed by atoms with Gasteiger partial charge in [0, 0.05) is 5.92 Å². The van der Waals surface area contributed by atoms with Gasteiger partial charge in [-0.2, -0.15) is 0 Å². The number of carbonyl (C=O) groups is 1. The van der Waals surface area contributed by atoms with Crippen molar-refractivity contribution in [1.29, 1.82) is 0 Å². The van der Waals surface area contributed by atoms with Crippen molar-refractivity contribution in [3.8, 4) is 0 Å². The average Bonchev–Trinajstić information content (AvgIpc) is 3.21. The summed E-state index contributed by atoms with van der Waals surface area (Å²) in [5, 5.41) is 12.1. The number of rotatable bonds is 6. The summed E-state index contributed by atoms with van der Waals surface area (Å²) < 4.78 is 26.1. The molecule has 1 aromatic carbocycles. The fourth-order valence-corrected chi connectivity index (χ4v) is 2.65. The van der Waals surface area contributed by atoms with E-state index in [9.17, 15) is 18.7 Å². The number of hydrogen-bond acceptors (Lipinski definition) is 2. The van der Waals surface area contributed by atoms with Crippen molar-refractivity contribution in [2.24, 2.45) is 11.8 Å². The monoisotopic (exact) mass is 297 g/mol. The van der Waals surface area contributed by atoms with E-state index < -0.39 is 11.6 Å². The number of nitrogens with one attached hydrogen (secondary N) is 1. The maximum atomic E-state index is 13.2. The highest BCUT2D eigenvalue weighted by Gasteiger charge is 2.44. The molecule has 1 aliphatic carbocycles. The SMILES string of the molecule is CC(C)CC(CO)NC(=O)C1CC1c1ccc(F)c(F)c1. The van der Waals surface area contributed by atoms with Crippen LogP contribution in [-0.4, -0.2) is 23.7 Å². The van der Waals surface area contributed by atoms with Crippen LogP contribution < -0.4 is 5.32 Å². The molecular formula is C16H21F2NO2. The molecule has 21 heavy (non-hydrogen) atoms.